The van der Waals surface area contributed by atoms with E-state index in [1.54, 1.807) is 19.2 Å². The second kappa shape index (κ2) is 43.3. The van der Waals surface area contributed by atoms with E-state index in [0.717, 1.165) is 182 Å². The first-order chi connectivity index (χ1) is 69.5. The summed E-state index contributed by atoms with van der Waals surface area (Å²) in [5.74, 6) is 2.97. The van der Waals surface area contributed by atoms with Gasteiger partial charge in [-0.1, -0.05) is 375 Å². The molecule has 4 N–H and O–H groups in total. The smallest absolute Gasteiger partial charge is 0.453 e. The molecule has 0 fully saturated rings. The first-order valence-corrected chi connectivity index (χ1v) is 59.0. The van der Waals surface area contributed by atoms with Crippen molar-refractivity contribution in [2.45, 2.75) is 259 Å². The van der Waals surface area contributed by atoms with Gasteiger partial charge in [-0.15, -0.1) is 0 Å². The molecule has 0 bridgehead atoms. The lowest BCUT2D eigenvalue weighted by molar-refractivity contribution is 0.141. The van der Waals surface area contributed by atoms with Crippen molar-refractivity contribution in [3.8, 4) is 79.4 Å². The summed E-state index contributed by atoms with van der Waals surface area (Å²) in [5.41, 5.74) is 23.2. The fraction of sp³-hybridized carbons (Fsp3) is 0.328. The topological polar surface area (TPSA) is 180 Å². The molecule has 3 heterocycles. The summed E-state index contributed by atoms with van der Waals surface area (Å²) in [6.45, 7) is 66.8. The number of fused-ring (bicyclic) bond motifs is 16. The van der Waals surface area contributed by atoms with Crippen LogP contribution in [0.3, 0.4) is 0 Å². The third-order valence-electron chi connectivity index (χ3n) is 27.7. The van der Waals surface area contributed by atoms with Crippen molar-refractivity contribution in [2.75, 3.05) is 7.11 Å². The quantitative estimate of drug-likeness (QED) is 0.106. The number of methoxy groups -OCH3 is 1. The molecule has 5 unspecified atom stereocenters. The highest BCUT2D eigenvalue weighted by atomic mass is 36.0. The molecule has 0 saturated carbocycles. The Kier molecular flexibility index (Phi) is 32.6. The number of benzene rings is 15. The second-order valence-electron chi connectivity index (χ2n) is 48.0. The van der Waals surface area contributed by atoms with Crippen LogP contribution in [-0.4, -0.2) is 33.6 Å². The summed E-state index contributed by atoms with van der Waals surface area (Å²) in [5, 5.41) is 55.3. The van der Waals surface area contributed by atoms with Gasteiger partial charge in [0, 0.05) is 88.7 Å². The predicted octanol–water partition coefficient (Wildman–Crippen LogP) is 42.2. The Morgan fingerprint density at radius 1 is 0.349 bits per heavy atom. The molecular formula is C128H142Cl4O13P4. The van der Waals surface area contributed by atoms with Crippen molar-refractivity contribution in [3.63, 3.8) is 0 Å². The molecule has 0 radical (unpaired) electrons. The highest BCUT2D eigenvalue weighted by Gasteiger charge is 2.43. The number of rotatable bonds is 8. The number of hydrogen-bond acceptors (Lipinski definition) is 13. The van der Waals surface area contributed by atoms with Crippen LogP contribution in [0.5, 0.6) is 46.0 Å². The average molecular weight is 2150 g/mol. The van der Waals surface area contributed by atoms with Crippen molar-refractivity contribution < 1.29 is 60.0 Å². The minimum Gasteiger partial charge on any atom is -0.508 e. The van der Waals surface area contributed by atoms with Crippen LogP contribution in [0.4, 0.5) is 0 Å². The van der Waals surface area contributed by atoms with Crippen LogP contribution in [0.25, 0.3) is 126 Å². The van der Waals surface area contributed by atoms with Gasteiger partial charge in [0.15, 0.2) is 5.98 Å². The van der Waals surface area contributed by atoms with Crippen molar-refractivity contribution in [2.24, 2.45) is 11.3 Å². The second-order valence-corrected chi connectivity index (χ2v) is 56.6. The lowest BCUT2D eigenvalue weighted by Gasteiger charge is -2.38. The van der Waals surface area contributed by atoms with E-state index in [2.05, 4.69) is 352 Å². The summed E-state index contributed by atoms with van der Waals surface area (Å²) in [6.07, 6.45) is 4.44. The summed E-state index contributed by atoms with van der Waals surface area (Å²) in [7, 11) is -3.93. The molecule has 0 saturated heterocycles. The summed E-state index contributed by atoms with van der Waals surface area (Å²) >= 11 is 21.1. The normalized spacial score (nSPS) is 14.9. The Bertz CT molecular complexity index is 8190. The van der Waals surface area contributed by atoms with Gasteiger partial charge in [-0.2, -0.15) is 0 Å². The average Bonchev–Trinajstić information content (AvgIpc) is 1.67. The van der Waals surface area contributed by atoms with E-state index in [4.69, 9.17) is 84.6 Å². The molecule has 5 atom stereocenters. The Morgan fingerprint density at radius 2 is 0.745 bits per heavy atom. The molecule has 2 aromatic heterocycles. The molecule has 19 rings (SSSR count). The van der Waals surface area contributed by atoms with Crippen LogP contribution in [0, 0.1) is 52.9 Å². The maximum atomic E-state index is 10.9. The maximum Gasteiger partial charge on any atom is 0.453 e. The van der Waals surface area contributed by atoms with E-state index in [1.165, 1.54) is 21.9 Å². The summed E-state index contributed by atoms with van der Waals surface area (Å²) in [6, 6.07) is 78.4. The van der Waals surface area contributed by atoms with Crippen LogP contribution in [0.2, 0.25) is 0 Å². The SMILES string of the molecule is CC1=CC(C(C)(C)C)C2OP(Cl)Oc3ccc4ccccc4c3C2=C1.COc1cc(C(C)(C)C)c2op(Oc3cc(-c4cc(C)cc(C(C)(C)C)c4Op4oc5ccc6ccccc6c5c5cc(C)cc(C(C)(C)C)c5o4)c(C)cc3C(C)(C)C)oc3ccc4ccccc4c3c2c1.Cc1cc(-c2c(O)ccc3ccccc23)c(O)c(C(C)(C)C)c1.Cc1cc(-c2cc(O)c(C(C)(C)C)cc2C)c(O)c(C(C)(C)C)c1.ClP(Cl)Cl. The predicted molar refractivity (Wildman–Crippen MR) is 637 cm³/mol. The summed E-state index contributed by atoms with van der Waals surface area (Å²) in [4.78, 5) is 0. The maximum absolute atomic E-state index is 10.9. The molecule has 13 nitrogen and oxygen atoms in total. The molecule has 21 heteroatoms. The molecule has 2 aliphatic rings. The van der Waals surface area contributed by atoms with Crippen LogP contribution < -0.4 is 18.3 Å². The first kappa shape index (κ1) is 112. The summed E-state index contributed by atoms with van der Waals surface area (Å²) < 4.78 is 61.3. The van der Waals surface area contributed by atoms with Crippen LogP contribution in [-0.2, 0) is 42.4 Å². The van der Waals surface area contributed by atoms with E-state index in [0.29, 0.717) is 34.0 Å². The lowest BCUT2D eigenvalue weighted by atomic mass is 9.71. The number of phenolic OH excluding ortho intramolecular Hbond substituents is 4. The molecule has 15 aromatic carbocycles. The van der Waals surface area contributed by atoms with Crippen molar-refractivity contribution >= 4 is 168 Å². The first-order valence-electron chi connectivity index (χ1n) is 50.7. The number of aromatic hydroxyl groups is 4. The van der Waals surface area contributed by atoms with E-state index in [1.807, 2.05) is 93.6 Å². The standard InChI is InChI=1S/C64H68O7P2.C22H30O2.C21H22ClO2P.C21H22O2.Cl3P/c1-37-29-46(58(50(31-37)62(7,8)9)69-73-67-53-27-25-40-21-17-19-23-43(40)56(53)47-30-38(2)32-51(59(47)71-73)63(10,11)12)45-36-55(49(33-39(45)3)61(4,5)6)68-72-66-54-28-26-41-22-18-20-24-44(41)57(54)48-34-42(65-16)35-52(60(48)70-72)64(13,14)15;1-13-9-16(20(24)18(10-13)22(6,7)8)15-12-19(23)17(11-14(15)2)21(3,4)5;1-13-11-16-19-15-8-6-5-7-14(15)9-10-18(19)23-25(22)24-20(16)17(12-13)21(2,3)4;1-13-11-16(20(23)17(12-13)21(2,3)4)19-15-8-6-5-7-14(15)9-10-18(19)22;1-4(2)3/h17-36H,1-16H3;9-12,23-24H,1-8H3;5-12,17,20H,1-4H3;5-12,22-23H,1-4H3;. The zero-order valence-electron chi connectivity index (χ0n) is 92.0. The minimum absolute atomic E-state index is 0.0631. The van der Waals surface area contributed by atoms with Crippen molar-refractivity contribution in [3.05, 3.63) is 326 Å². The zero-order chi connectivity index (χ0) is 109. The van der Waals surface area contributed by atoms with Gasteiger partial charge in [0.05, 0.1) is 13.2 Å². The van der Waals surface area contributed by atoms with Crippen molar-refractivity contribution in [1.29, 1.82) is 0 Å². The molecule has 149 heavy (non-hydrogen) atoms. The van der Waals surface area contributed by atoms with Crippen molar-refractivity contribution in [1.82, 2.24) is 0 Å². The molecule has 0 spiro atoms. The number of aryl methyl sites for hydroxylation is 6. The molecule has 0 amide bonds. The van der Waals surface area contributed by atoms with E-state index < -0.39 is 30.2 Å². The van der Waals surface area contributed by atoms with Gasteiger partial charge in [-0.3, -0.25) is 0 Å². The largest absolute Gasteiger partial charge is 0.508 e. The third-order valence-corrected chi connectivity index (χ3v) is 30.9. The Balaban J connectivity index is 0.000000176. The fourth-order valence-electron chi connectivity index (χ4n) is 20.3. The van der Waals surface area contributed by atoms with Gasteiger partial charge in [0.25, 0.3) is 0 Å². The van der Waals surface area contributed by atoms with Crippen LogP contribution >= 0.6 is 75.2 Å². The number of phenols is 4. The fourth-order valence-corrected chi connectivity index (χ4v) is 23.7. The Labute approximate surface area is 903 Å². The minimum atomic E-state index is -2.08. The highest BCUT2D eigenvalue weighted by Crippen LogP contribution is 2.60. The molecule has 17 aromatic rings. The van der Waals surface area contributed by atoms with Gasteiger partial charge in [-0.25, -0.2) is 0 Å². The van der Waals surface area contributed by atoms with E-state index >= 15 is 0 Å². The molecule has 1 aliphatic heterocycles. The third kappa shape index (κ3) is 24.5. The number of hydrogen-bond donors (Lipinski definition) is 4. The number of allylic oxidation sites excluding steroid dienone is 2. The molecular weight excluding hydrogens is 2010 g/mol. The van der Waals surface area contributed by atoms with Gasteiger partial charge in [0.1, 0.15) is 68.3 Å². The van der Waals surface area contributed by atoms with Crippen LogP contribution in [0.1, 0.15) is 251 Å². The zero-order valence-corrected chi connectivity index (χ0v) is 98.6. The van der Waals surface area contributed by atoms with Gasteiger partial charge in [0.2, 0.25) is 0 Å². The Morgan fingerprint density at radius 3 is 1.23 bits per heavy atom. The Hall–Kier alpha value is -11.0. The number of halogens is 4. The monoisotopic (exact) mass is 2150 g/mol. The highest BCUT2D eigenvalue weighted by molar-refractivity contribution is 8.20. The van der Waals surface area contributed by atoms with Gasteiger partial charge >= 0.3 is 24.2 Å². The lowest BCUT2D eigenvalue weighted by Crippen LogP contribution is -2.34. The molecule has 1 aliphatic carbocycles. The molecule has 780 valence electrons. The van der Waals surface area contributed by atoms with Crippen LogP contribution in [0.15, 0.2) is 265 Å². The van der Waals surface area contributed by atoms with Gasteiger partial charge in [-0.05, 0) is 275 Å². The van der Waals surface area contributed by atoms with E-state index in [-0.39, 0.29) is 72.6 Å². The number of ether oxygens (including phenoxy) is 1. The van der Waals surface area contributed by atoms with E-state index in [9.17, 15) is 20.4 Å². The van der Waals surface area contributed by atoms with Gasteiger partial charge < -0.3 is 60.0 Å².